The summed E-state index contributed by atoms with van der Waals surface area (Å²) < 4.78 is 34.5. The summed E-state index contributed by atoms with van der Waals surface area (Å²) >= 11 is 0. The Bertz CT molecular complexity index is 1470. The smallest absolute Gasteiger partial charge is 0.462 e. The van der Waals surface area contributed by atoms with Crippen LogP contribution in [-0.2, 0) is 32.7 Å². The van der Waals surface area contributed by atoms with Crippen LogP contribution < -0.4 is 0 Å². The molecule has 0 saturated carbocycles. The highest BCUT2D eigenvalue weighted by Crippen LogP contribution is 2.43. The van der Waals surface area contributed by atoms with Gasteiger partial charge < -0.3 is 18.9 Å². The van der Waals surface area contributed by atoms with Crippen LogP contribution in [0.3, 0.4) is 0 Å². The highest BCUT2D eigenvalue weighted by Gasteiger charge is 2.27. The summed E-state index contributed by atoms with van der Waals surface area (Å²) in [5, 5.41) is 0. The minimum absolute atomic E-state index is 0.0270. The van der Waals surface area contributed by atoms with Gasteiger partial charge in [0.15, 0.2) is 6.10 Å². The lowest BCUT2D eigenvalue weighted by Gasteiger charge is -2.24. The van der Waals surface area contributed by atoms with Gasteiger partial charge >= 0.3 is 19.8 Å². The van der Waals surface area contributed by atoms with Gasteiger partial charge in [-0.1, -0.05) is 221 Å². The predicted octanol–water partition coefficient (Wildman–Crippen LogP) is 17.9. The van der Waals surface area contributed by atoms with Crippen molar-refractivity contribution < 1.29 is 42.1 Å². The molecular formula is C61H109NO8P+. The third-order valence-electron chi connectivity index (χ3n) is 12.2. The van der Waals surface area contributed by atoms with Crippen LogP contribution in [0.25, 0.3) is 0 Å². The van der Waals surface area contributed by atoms with Gasteiger partial charge in [0.05, 0.1) is 27.7 Å². The van der Waals surface area contributed by atoms with Crippen LogP contribution in [0.2, 0.25) is 0 Å². The summed E-state index contributed by atoms with van der Waals surface area (Å²) in [6.07, 6.45) is 69.3. The number of hydrogen-bond donors (Lipinski definition) is 1. The van der Waals surface area contributed by atoms with Gasteiger partial charge in [0.25, 0.3) is 0 Å². The lowest BCUT2D eigenvalue weighted by molar-refractivity contribution is -0.870. The molecule has 0 aromatic heterocycles. The Kier molecular flexibility index (Phi) is 50.0. The van der Waals surface area contributed by atoms with Crippen LogP contribution in [0, 0.1) is 0 Å². The Balaban J connectivity index is 4.19. The second-order valence-corrected chi connectivity index (χ2v) is 21.7. The van der Waals surface area contributed by atoms with Gasteiger partial charge in [-0.25, -0.2) is 4.57 Å². The molecule has 2 unspecified atom stereocenters. The number of quaternary nitrogens is 1. The van der Waals surface area contributed by atoms with Crippen LogP contribution in [0.15, 0.2) is 85.1 Å². The van der Waals surface area contributed by atoms with E-state index in [9.17, 15) is 19.0 Å². The maximum absolute atomic E-state index is 12.8. The first kappa shape index (κ1) is 68.2. The number of ether oxygens (including phenoxy) is 2. The van der Waals surface area contributed by atoms with Gasteiger partial charge in [-0.05, 0) is 89.9 Å². The minimum Gasteiger partial charge on any atom is -0.462 e. The predicted molar refractivity (Wildman–Crippen MR) is 302 cm³/mol. The summed E-state index contributed by atoms with van der Waals surface area (Å²) in [4.78, 5) is 35.7. The number of carbonyl (C=O) groups excluding carboxylic acids is 2. The van der Waals surface area contributed by atoms with Crippen LogP contribution in [-0.4, -0.2) is 74.9 Å². The van der Waals surface area contributed by atoms with Crippen molar-refractivity contribution in [1.82, 2.24) is 0 Å². The first-order valence-electron chi connectivity index (χ1n) is 28.8. The summed E-state index contributed by atoms with van der Waals surface area (Å²) in [6.45, 7) is 4.31. The quantitative estimate of drug-likeness (QED) is 0.0211. The maximum Gasteiger partial charge on any atom is 0.472 e. The molecule has 9 nitrogen and oxygen atoms in total. The summed E-state index contributed by atoms with van der Waals surface area (Å²) in [7, 11) is 1.47. The van der Waals surface area contributed by atoms with Crippen molar-refractivity contribution in [3.05, 3.63) is 85.1 Å². The van der Waals surface area contributed by atoms with E-state index in [1.165, 1.54) is 109 Å². The number of carbonyl (C=O) groups is 2. The summed E-state index contributed by atoms with van der Waals surface area (Å²) in [6, 6.07) is 0. The largest absolute Gasteiger partial charge is 0.472 e. The Morgan fingerprint density at radius 1 is 0.451 bits per heavy atom. The highest BCUT2D eigenvalue weighted by atomic mass is 31.2. The monoisotopic (exact) mass is 1010 g/mol. The van der Waals surface area contributed by atoms with Crippen molar-refractivity contribution in [2.24, 2.45) is 0 Å². The van der Waals surface area contributed by atoms with E-state index in [0.29, 0.717) is 17.4 Å². The first-order chi connectivity index (χ1) is 34.5. The van der Waals surface area contributed by atoms with Crippen LogP contribution in [0.1, 0.15) is 239 Å². The number of hydrogen-bond acceptors (Lipinski definition) is 7. The molecule has 410 valence electrons. The third-order valence-corrected chi connectivity index (χ3v) is 13.1. The van der Waals surface area contributed by atoms with E-state index in [1.54, 1.807) is 0 Å². The highest BCUT2D eigenvalue weighted by molar-refractivity contribution is 7.47. The van der Waals surface area contributed by atoms with E-state index >= 15 is 0 Å². The first-order valence-corrected chi connectivity index (χ1v) is 30.3. The topological polar surface area (TPSA) is 108 Å². The average Bonchev–Trinajstić information content (AvgIpc) is 3.33. The average molecular weight is 1020 g/mol. The van der Waals surface area contributed by atoms with Crippen molar-refractivity contribution in [3.63, 3.8) is 0 Å². The molecule has 0 radical (unpaired) electrons. The third kappa shape index (κ3) is 56.3. The molecule has 2 atom stereocenters. The molecule has 0 spiro atoms. The van der Waals surface area contributed by atoms with Gasteiger partial charge in [0, 0.05) is 12.8 Å². The summed E-state index contributed by atoms with van der Waals surface area (Å²) in [5.74, 6) is -0.807. The van der Waals surface area contributed by atoms with Crippen LogP contribution in [0.5, 0.6) is 0 Å². The molecule has 1 N–H and O–H groups in total. The Hall–Kier alpha value is -2.81. The lowest BCUT2D eigenvalue weighted by atomic mass is 10.0. The number of unbranched alkanes of at least 4 members (excludes halogenated alkanes) is 24. The molecule has 0 aliphatic rings. The van der Waals surface area contributed by atoms with Crippen molar-refractivity contribution >= 4 is 19.8 Å². The molecule has 0 rings (SSSR count). The van der Waals surface area contributed by atoms with Crippen molar-refractivity contribution in [1.29, 1.82) is 0 Å². The minimum atomic E-state index is -4.39. The van der Waals surface area contributed by atoms with Crippen molar-refractivity contribution in [3.8, 4) is 0 Å². The number of nitrogens with zero attached hydrogens (tertiary/aromatic N) is 1. The molecule has 0 aromatic rings. The zero-order chi connectivity index (χ0) is 52.0. The van der Waals surface area contributed by atoms with E-state index in [2.05, 4.69) is 98.9 Å². The molecule has 0 aromatic carbocycles. The van der Waals surface area contributed by atoms with E-state index in [0.717, 1.165) is 96.3 Å². The van der Waals surface area contributed by atoms with E-state index < -0.39 is 26.5 Å². The van der Waals surface area contributed by atoms with Gasteiger partial charge in [-0.2, -0.15) is 0 Å². The number of phosphoric acid groups is 1. The number of rotatable bonds is 52. The molecule has 0 aliphatic heterocycles. The molecule has 0 bridgehead atoms. The van der Waals surface area contributed by atoms with E-state index in [4.69, 9.17) is 18.5 Å². The van der Waals surface area contributed by atoms with E-state index in [-0.39, 0.29) is 32.0 Å². The molecular weight excluding hydrogens is 906 g/mol. The lowest BCUT2D eigenvalue weighted by Crippen LogP contribution is -2.37. The standard InChI is InChI=1S/C61H108NO8P/c1-6-8-10-12-14-16-18-20-22-24-26-27-28-29-30-31-32-33-34-35-36-38-40-42-44-46-48-50-52-54-61(64)70-59(58-69-71(65,66)68-56-55-62(3,4)5)57-67-60(63)53-51-49-47-45-43-41-39-37-25-23-21-19-17-15-13-11-9-7-2/h8,10,14,16,20,22-23,25-27,29-30,32-33,59H,6-7,9,11-13,15,17-19,21,24,28,31,34-58H2,1-5H3/p+1/b10-8-,16-14-,22-20-,25-23-,27-26-,30-29-,33-32-. The van der Waals surface area contributed by atoms with Gasteiger partial charge in [0.2, 0.25) is 0 Å². The second-order valence-electron chi connectivity index (χ2n) is 20.3. The second kappa shape index (κ2) is 52.1. The normalized spacial score (nSPS) is 13.9. The number of esters is 2. The Morgan fingerprint density at radius 3 is 1.21 bits per heavy atom. The number of allylic oxidation sites excluding steroid dienone is 14. The molecule has 0 amide bonds. The molecule has 10 heteroatoms. The SMILES string of the molecule is CC/C=C\C/C=C\C/C=C\C/C=C\C/C=C\C/C=C\CCCCCCCCCCCCC(=O)OC(COC(=O)CCCCCCCCC/C=C\CCCCCCCCC)COP(=O)(O)OCC[N+](C)(C)C. The molecule has 0 fully saturated rings. The molecule has 71 heavy (non-hydrogen) atoms. The number of phosphoric ester groups is 1. The molecule has 0 aliphatic carbocycles. The maximum atomic E-state index is 12.8. The van der Waals surface area contributed by atoms with E-state index in [1.807, 2.05) is 21.1 Å². The fourth-order valence-electron chi connectivity index (χ4n) is 7.72. The molecule has 0 saturated heterocycles. The zero-order valence-electron chi connectivity index (χ0n) is 46.4. The van der Waals surface area contributed by atoms with Gasteiger partial charge in [0.1, 0.15) is 19.8 Å². The Morgan fingerprint density at radius 2 is 0.803 bits per heavy atom. The summed E-state index contributed by atoms with van der Waals surface area (Å²) in [5.41, 5.74) is 0. The number of likely N-dealkylation sites (N-methyl/N-ethyl adjacent to an activating group) is 1. The van der Waals surface area contributed by atoms with Crippen molar-refractivity contribution in [2.45, 2.75) is 245 Å². The van der Waals surface area contributed by atoms with Gasteiger partial charge in [-0.15, -0.1) is 0 Å². The van der Waals surface area contributed by atoms with Crippen molar-refractivity contribution in [2.75, 3.05) is 47.5 Å². The van der Waals surface area contributed by atoms with Gasteiger partial charge in [-0.3, -0.25) is 18.6 Å². The molecule has 0 heterocycles. The zero-order valence-corrected chi connectivity index (χ0v) is 47.3. The Labute approximate surface area is 437 Å². The fraction of sp³-hybridized carbons (Fsp3) is 0.738. The van der Waals surface area contributed by atoms with Crippen LogP contribution in [0.4, 0.5) is 0 Å². The fourth-order valence-corrected chi connectivity index (χ4v) is 8.46. The van der Waals surface area contributed by atoms with Crippen LogP contribution >= 0.6 is 7.82 Å².